The summed E-state index contributed by atoms with van der Waals surface area (Å²) in [5, 5.41) is 12.1. The number of hydrogen-bond acceptors (Lipinski definition) is 2. The number of carbonyl (C=O) groups is 1. The Morgan fingerprint density at radius 3 is 2.24 bits per heavy atom. The highest BCUT2D eigenvalue weighted by Gasteiger charge is 2.45. The van der Waals surface area contributed by atoms with Crippen LogP contribution in [0.5, 0.6) is 0 Å². The van der Waals surface area contributed by atoms with Gasteiger partial charge in [0.25, 0.3) is 0 Å². The summed E-state index contributed by atoms with van der Waals surface area (Å²) in [6.07, 6.45) is 2.89. The van der Waals surface area contributed by atoms with Crippen LogP contribution in [0.4, 0.5) is 5.69 Å². The minimum absolute atomic E-state index is 0.0161. The maximum absolute atomic E-state index is 12.7. The summed E-state index contributed by atoms with van der Waals surface area (Å²) < 4.78 is 0. The minimum atomic E-state index is -0.378. The van der Waals surface area contributed by atoms with Gasteiger partial charge in [-0.3, -0.25) is 4.79 Å². The molecule has 21 heavy (non-hydrogen) atoms. The molecule has 3 heteroatoms. The van der Waals surface area contributed by atoms with Crippen molar-refractivity contribution in [1.29, 1.82) is 0 Å². The fourth-order valence-electron chi connectivity index (χ4n) is 2.88. The molecule has 1 aliphatic carbocycles. The molecule has 0 aromatic heterocycles. The summed E-state index contributed by atoms with van der Waals surface area (Å²) in [4.78, 5) is 12.7. The molecule has 0 bridgehead atoms. The van der Waals surface area contributed by atoms with E-state index in [1.165, 1.54) is 0 Å². The smallest absolute Gasteiger partial charge is 0.235 e. The molecule has 0 saturated heterocycles. The molecule has 0 aliphatic heterocycles. The van der Waals surface area contributed by atoms with Gasteiger partial charge in [0.1, 0.15) is 0 Å². The van der Waals surface area contributed by atoms with Gasteiger partial charge in [-0.15, -0.1) is 0 Å². The predicted octanol–water partition coefficient (Wildman–Crippen LogP) is 3.24. The summed E-state index contributed by atoms with van der Waals surface area (Å²) in [7, 11) is 0. The van der Waals surface area contributed by atoms with Crippen molar-refractivity contribution in [1.82, 2.24) is 0 Å². The molecule has 0 spiro atoms. The van der Waals surface area contributed by atoms with E-state index in [0.29, 0.717) is 0 Å². The first kappa shape index (κ1) is 13.8. The monoisotopic (exact) mass is 281 g/mol. The van der Waals surface area contributed by atoms with Crippen LogP contribution in [-0.2, 0) is 16.8 Å². The molecule has 2 aromatic rings. The van der Waals surface area contributed by atoms with Crippen molar-refractivity contribution in [3.63, 3.8) is 0 Å². The lowest BCUT2D eigenvalue weighted by molar-refractivity contribution is -0.124. The van der Waals surface area contributed by atoms with Gasteiger partial charge < -0.3 is 10.4 Å². The van der Waals surface area contributed by atoms with E-state index in [1.54, 1.807) is 0 Å². The zero-order chi connectivity index (χ0) is 14.7. The van der Waals surface area contributed by atoms with Crippen molar-refractivity contribution >= 4 is 11.6 Å². The first-order valence-electron chi connectivity index (χ1n) is 7.31. The number of anilines is 1. The number of aliphatic hydroxyl groups excluding tert-OH is 1. The average Bonchev–Trinajstić information content (AvgIpc) is 2.48. The minimum Gasteiger partial charge on any atom is -0.392 e. The Bertz CT molecular complexity index is 615. The van der Waals surface area contributed by atoms with Crippen molar-refractivity contribution in [2.24, 2.45) is 0 Å². The Hall–Kier alpha value is -2.13. The van der Waals surface area contributed by atoms with Gasteiger partial charge in [-0.1, -0.05) is 48.9 Å². The van der Waals surface area contributed by atoms with Crippen LogP contribution in [0.25, 0.3) is 0 Å². The summed E-state index contributed by atoms with van der Waals surface area (Å²) in [6, 6.07) is 17.3. The Morgan fingerprint density at radius 1 is 1.05 bits per heavy atom. The second-order valence-electron chi connectivity index (χ2n) is 5.61. The van der Waals surface area contributed by atoms with Crippen LogP contribution in [0.15, 0.2) is 54.6 Å². The molecule has 108 valence electrons. The summed E-state index contributed by atoms with van der Waals surface area (Å²) in [5.74, 6) is 0.0664. The second kappa shape index (κ2) is 5.70. The van der Waals surface area contributed by atoms with E-state index in [4.69, 9.17) is 5.11 Å². The van der Waals surface area contributed by atoms with Crippen LogP contribution in [0.1, 0.15) is 30.4 Å². The standard InChI is InChI=1S/C18H19NO2/c20-13-14-7-9-16(10-8-14)19-17(21)18(11-4-12-18)15-5-2-1-3-6-15/h1-3,5-10,20H,4,11-13H2,(H,19,21). The molecular weight excluding hydrogens is 262 g/mol. The first-order chi connectivity index (χ1) is 10.2. The zero-order valence-corrected chi connectivity index (χ0v) is 11.9. The molecular formula is C18H19NO2. The molecule has 0 unspecified atom stereocenters. The van der Waals surface area contributed by atoms with Gasteiger partial charge in [-0.05, 0) is 36.1 Å². The van der Waals surface area contributed by atoms with Crippen molar-refractivity contribution in [3.8, 4) is 0 Å². The van der Waals surface area contributed by atoms with Crippen molar-refractivity contribution in [2.75, 3.05) is 5.32 Å². The highest BCUT2D eigenvalue weighted by molar-refractivity contribution is 5.99. The van der Waals surface area contributed by atoms with Gasteiger partial charge >= 0.3 is 0 Å². The highest BCUT2D eigenvalue weighted by Crippen LogP contribution is 2.44. The lowest BCUT2D eigenvalue weighted by atomic mass is 9.64. The van der Waals surface area contributed by atoms with E-state index in [0.717, 1.165) is 36.1 Å². The van der Waals surface area contributed by atoms with Crippen LogP contribution >= 0.6 is 0 Å². The number of amides is 1. The molecule has 3 rings (SSSR count). The van der Waals surface area contributed by atoms with Crippen LogP contribution in [0, 0.1) is 0 Å². The Kier molecular flexibility index (Phi) is 3.76. The van der Waals surface area contributed by atoms with Crippen molar-refractivity contribution < 1.29 is 9.90 Å². The fourth-order valence-corrected chi connectivity index (χ4v) is 2.88. The predicted molar refractivity (Wildman–Crippen MR) is 83.0 cm³/mol. The van der Waals surface area contributed by atoms with E-state index < -0.39 is 0 Å². The molecule has 0 radical (unpaired) electrons. The van der Waals surface area contributed by atoms with Gasteiger partial charge in [0.2, 0.25) is 5.91 Å². The van der Waals surface area contributed by atoms with E-state index in [9.17, 15) is 4.79 Å². The lowest BCUT2D eigenvalue weighted by Gasteiger charge is -2.40. The Labute approximate surface area is 124 Å². The molecule has 2 aromatic carbocycles. The van der Waals surface area contributed by atoms with Gasteiger partial charge in [0.05, 0.1) is 12.0 Å². The van der Waals surface area contributed by atoms with Crippen LogP contribution in [0.2, 0.25) is 0 Å². The summed E-state index contributed by atoms with van der Waals surface area (Å²) >= 11 is 0. The van der Waals surface area contributed by atoms with Gasteiger partial charge in [0.15, 0.2) is 0 Å². The normalized spacial score (nSPS) is 16.0. The number of nitrogens with one attached hydrogen (secondary N) is 1. The van der Waals surface area contributed by atoms with Gasteiger partial charge in [-0.25, -0.2) is 0 Å². The third-order valence-electron chi connectivity index (χ3n) is 4.36. The maximum atomic E-state index is 12.7. The lowest BCUT2D eigenvalue weighted by Crippen LogP contribution is -2.45. The topological polar surface area (TPSA) is 49.3 Å². The van der Waals surface area contributed by atoms with E-state index in [1.807, 2.05) is 54.6 Å². The molecule has 1 amide bonds. The summed E-state index contributed by atoms with van der Waals surface area (Å²) in [5.41, 5.74) is 2.34. The van der Waals surface area contributed by atoms with Crippen molar-refractivity contribution in [3.05, 3.63) is 65.7 Å². The number of aliphatic hydroxyl groups is 1. The molecule has 1 aliphatic rings. The number of carbonyl (C=O) groups excluding carboxylic acids is 1. The number of benzene rings is 2. The number of hydrogen-bond donors (Lipinski definition) is 2. The van der Waals surface area contributed by atoms with E-state index in [-0.39, 0.29) is 17.9 Å². The van der Waals surface area contributed by atoms with E-state index in [2.05, 4.69) is 5.32 Å². The van der Waals surface area contributed by atoms with Gasteiger partial charge in [0, 0.05) is 5.69 Å². The molecule has 0 atom stereocenters. The Balaban J connectivity index is 1.80. The zero-order valence-electron chi connectivity index (χ0n) is 11.9. The van der Waals surface area contributed by atoms with Crippen LogP contribution < -0.4 is 5.32 Å². The maximum Gasteiger partial charge on any atom is 0.235 e. The third kappa shape index (κ3) is 2.57. The van der Waals surface area contributed by atoms with Crippen LogP contribution in [-0.4, -0.2) is 11.0 Å². The summed E-state index contributed by atoms with van der Waals surface area (Å²) in [6.45, 7) is 0.0161. The fraction of sp³-hybridized carbons (Fsp3) is 0.278. The molecule has 2 N–H and O–H groups in total. The van der Waals surface area contributed by atoms with Crippen molar-refractivity contribution in [2.45, 2.75) is 31.3 Å². The first-order valence-corrected chi connectivity index (χ1v) is 7.31. The Morgan fingerprint density at radius 2 is 1.71 bits per heavy atom. The molecule has 3 nitrogen and oxygen atoms in total. The highest BCUT2D eigenvalue weighted by atomic mass is 16.3. The number of rotatable bonds is 4. The SMILES string of the molecule is O=C(Nc1ccc(CO)cc1)C1(c2ccccc2)CCC1. The van der Waals surface area contributed by atoms with E-state index >= 15 is 0 Å². The third-order valence-corrected chi connectivity index (χ3v) is 4.36. The largest absolute Gasteiger partial charge is 0.392 e. The van der Waals surface area contributed by atoms with Crippen LogP contribution in [0.3, 0.4) is 0 Å². The quantitative estimate of drug-likeness (QED) is 0.904. The second-order valence-corrected chi connectivity index (χ2v) is 5.61. The average molecular weight is 281 g/mol. The molecule has 0 heterocycles. The molecule has 1 saturated carbocycles. The molecule has 1 fully saturated rings. The van der Waals surface area contributed by atoms with Gasteiger partial charge in [-0.2, -0.15) is 0 Å².